The number of amides is 1. The normalized spacial score (nSPS) is 17.7. The van der Waals surface area contributed by atoms with Crippen molar-refractivity contribution in [1.29, 1.82) is 0 Å². The molecule has 1 aliphatic rings. The van der Waals surface area contributed by atoms with Gasteiger partial charge in [-0.2, -0.15) is 0 Å². The van der Waals surface area contributed by atoms with Gasteiger partial charge in [-0.1, -0.05) is 28.4 Å². The summed E-state index contributed by atoms with van der Waals surface area (Å²) in [5.74, 6) is -0.0528. The summed E-state index contributed by atoms with van der Waals surface area (Å²) in [7, 11) is 0. The van der Waals surface area contributed by atoms with E-state index in [1.165, 1.54) is 6.26 Å². The third-order valence-corrected chi connectivity index (χ3v) is 4.17. The van der Waals surface area contributed by atoms with Gasteiger partial charge in [0.2, 0.25) is 5.91 Å². The number of hydrogen-bond acceptors (Lipinski definition) is 4. The lowest BCUT2D eigenvalue weighted by Crippen LogP contribution is -2.38. The SMILES string of the molecule is O=C(Cc1ccon1)NC1CCN(c2ccc(Cl)cc2Cl)C1. The number of rotatable bonds is 4. The maximum atomic E-state index is 12.0. The van der Waals surface area contributed by atoms with E-state index in [2.05, 4.69) is 15.4 Å². The molecule has 0 saturated carbocycles. The summed E-state index contributed by atoms with van der Waals surface area (Å²) >= 11 is 12.1. The number of anilines is 1. The highest BCUT2D eigenvalue weighted by Crippen LogP contribution is 2.31. The van der Waals surface area contributed by atoms with Crippen molar-refractivity contribution < 1.29 is 9.32 Å². The summed E-state index contributed by atoms with van der Waals surface area (Å²) in [5, 5.41) is 8.00. The first-order chi connectivity index (χ1) is 10.6. The van der Waals surface area contributed by atoms with Gasteiger partial charge in [-0.05, 0) is 24.6 Å². The molecule has 7 heteroatoms. The van der Waals surface area contributed by atoms with Gasteiger partial charge in [0.1, 0.15) is 6.26 Å². The van der Waals surface area contributed by atoms with Gasteiger partial charge < -0.3 is 14.7 Å². The molecule has 116 valence electrons. The second-order valence-electron chi connectivity index (χ2n) is 5.26. The fraction of sp³-hybridized carbons (Fsp3) is 0.333. The lowest BCUT2D eigenvalue weighted by atomic mass is 10.2. The van der Waals surface area contributed by atoms with E-state index < -0.39 is 0 Å². The number of carbonyl (C=O) groups excluding carboxylic acids is 1. The lowest BCUT2D eigenvalue weighted by molar-refractivity contribution is -0.121. The topological polar surface area (TPSA) is 58.4 Å². The monoisotopic (exact) mass is 339 g/mol. The fourth-order valence-electron chi connectivity index (χ4n) is 2.61. The molecule has 0 radical (unpaired) electrons. The first-order valence-electron chi connectivity index (χ1n) is 7.00. The number of benzene rings is 1. The molecule has 1 aromatic carbocycles. The van der Waals surface area contributed by atoms with Crippen LogP contribution in [0.3, 0.4) is 0 Å². The molecule has 1 atom stereocenters. The van der Waals surface area contributed by atoms with Gasteiger partial charge in [0.25, 0.3) is 0 Å². The van der Waals surface area contributed by atoms with Gasteiger partial charge >= 0.3 is 0 Å². The Bertz CT molecular complexity index is 661. The van der Waals surface area contributed by atoms with Crippen LogP contribution >= 0.6 is 23.2 Å². The van der Waals surface area contributed by atoms with Crippen LogP contribution in [-0.2, 0) is 11.2 Å². The Morgan fingerprint density at radius 1 is 1.41 bits per heavy atom. The minimum atomic E-state index is -0.0528. The number of carbonyl (C=O) groups is 1. The van der Waals surface area contributed by atoms with Gasteiger partial charge in [-0.15, -0.1) is 0 Å². The van der Waals surface area contributed by atoms with Gasteiger partial charge in [-0.3, -0.25) is 4.79 Å². The largest absolute Gasteiger partial charge is 0.368 e. The van der Waals surface area contributed by atoms with Crippen LogP contribution in [-0.4, -0.2) is 30.2 Å². The molecule has 2 aromatic rings. The second-order valence-corrected chi connectivity index (χ2v) is 6.11. The predicted octanol–water partition coefficient (Wildman–Crippen LogP) is 2.92. The van der Waals surface area contributed by atoms with Crippen LogP contribution in [0.4, 0.5) is 5.69 Å². The molecule has 2 heterocycles. The maximum Gasteiger partial charge on any atom is 0.226 e. The molecule has 0 spiro atoms. The molecular formula is C15H15Cl2N3O2. The van der Waals surface area contributed by atoms with E-state index in [1.807, 2.05) is 12.1 Å². The lowest BCUT2D eigenvalue weighted by Gasteiger charge is -2.20. The summed E-state index contributed by atoms with van der Waals surface area (Å²) in [5.41, 5.74) is 1.58. The van der Waals surface area contributed by atoms with E-state index in [4.69, 9.17) is 27.7 Å². The van der Waals surface area contributed by atoms with E-state index in [-0.39, 0.29) is 18.4 Å². The first kappa shape index (κ1) is 15.2. The highest BCUT2D eigenvalue weighted by molar-refractivity contribution is 6.36. The van der Waals surface area contributed by atoms with Crippen LogP contribution in [0.15, 0.2) is 35.1 Å². The van der Waals surface area contributed by atoms with Crippen molar-refractivity contribution in [3.05, 3.63) is 46.3 Å². The van der Waals surface area contributed by atoms with Crippen molar-refractivity contribution in [3.63, 3.8) is 0 Å². The molecule has 3 rings (SSSR count). The van der Waals surface area contributed by atoms with E-state index in [1.54, 1.807) is 12.1 Å². The summed E-state index contributed by atoms with van der Waals surface area (Å²) in [4.78, 5) is 14.1. The van der Waals surface area contributed by atoms with Crippen LogP contribution in [0, 0.1) is 0 Å². The Morgan fingerprint density at radius 3 is 3.00 bits per heavy atom. The Labute approximate surface area is 138 Å². The summed E-state index contributed by atoms with van der Waals surface area (Å²) in [6, 6.07) is 7.25. The molecule has 1 amide bonds. The second kappa shape index (κ2) is 6.58. The zero-order chi connectivity index (χ0) is 15.5. The average molecular weight is 340 g/mol. The standard InChI is InChI=1S/C15H15Cl2N3O2/c16-10-1-2-14(13(17)7-10)20-5-3-12(9-20)18-15(21)8-11-4-6-22-19-11/h1-2,4,6-7,12H,3,5,8-9H2,(H,18,21). The van der Waals surface area contributed by atoms with Crippen molar-refractivity contribution in [2.24, 2.45) is 0 Å². The molecular weight excluding hydrogens is 325 g/mol. The van der Waals surface area contributed by atoms with Gasteiger partial charge in [0.05, 0.1) is 22.8 Å². The molecule has 0 aliphatic carbocycles. The highest BCUT2D eigenvalue weighted by Gasteiger charge is 2.25. The molecule has 22 heavy (non-hydrogen) atoms. The third kappa shape index (κ3) is 3.54. The number of halogens is 2. The van der Waals surface area contributed by atoms with Crippen molar-refractivity contribution in [1.82, 2.24) is 10.5 Å². The van der Waals surface area contributed by atoms with Crippen molar-refractivity contribution in [2.75, 3.05) is 18.0 Å². The molecule has 1 aromatic heterocycles. The first-order valence-corrected chi connectivity index (χ1v) is 7.76. The van der Waals surface area contributed by atoms with E-state index >= 15 is 0 Å². The fourth-order valence-corrected chi connectivity index (χ4v) is 3.13. The minimum Gasteiger partial charge on any atom is -0.368 e. The number of aromatic nitrogens is 1. The maximum absolute atomic E-state index is 12.0. The molecule has 0 bridgehead atoms. The number of hydrogen-bond donors (Lipinski definition) is 1. The van der Waals surface area contributed by atoms with Crippen LogP contribution in [0.5, 0.6) is 0 Å². The molecule has 5 nitrogen and oxygen atoms in total. The Kier molecular flexibility index (Phi) is 4.55. The van der Waals surface area contributed by atoms with E-state index in [0.29, 0.717) is 15.7 Å². The molecule has 1 N–H and O–H groups in total. The third-order valence-electron chi connectivity index (χ3n) is 3.64. The summed E-state index contributed by atoms with van der Waals surface area (Å²) in [6.07, 6.45) is 2.57. The Hall–Kier alpha value is -1.72. The van der Waals surface area contributed by atoms with Crippen molar-refractivity contribution in [2.45, 2.75) is 18.9 Å². The number of nitrogens with one attached hydrogen (secondary N) is 1. The zero-order valence-corrected chi connectivity index (χ0v) is 13.3. The average Bonchev–Trinajstić information content (AvgIpc) is 3.10. The molecule has 1 unspecified atom stereocenters. The summed E-state index contributed by atoms with van der Waals surface area (Å²) < 4.78 is 4.72. The van der Waals surface area contributed by atoms with Gasteiger partial charge in [0, 0.05) is 30.2 Å². The Morgan fingerprint density at radius 2 is 2.27 bits per heavy atom. The van der Waals surface area contributed by atoms with Gasteiger partial charge in [0.15, 0.2) is 0 Å². The predicted molar refractivity (Wildman–Crippen MR) is 85.4 cm³/mol. The minimum absolute atomic E-state index is 0.0528. The van der Waals surface area contributed by atoms with Gasteiger partial charge in [-0.25, -0.2) is 0 Å². The van der Waals surface area contributed by atoms with Crippen molar-refractivity contribution in [3.8, 4) is 0 Å². The quantitative estimate of drug-likeness (QED) is 0.930. The molecule has 1 saturated heterocycles. The van der Waals surface area contributed by atoms with Crippen LogP contribution in [0.25, 0.3) is 0 Å². The number of nitrogens with zero attached hydrogens (tertiary/aromatic N) is 2. The molecule has 1 aliphatic heterocycles. The smallest absolute Gasteiger partial charge is 0.226 e. The van der Waals surface area contributed by atoms with Crippen LogP contribution < -0.4 is 10.2 Å². The van der Waals surface area contributed by atoms with E-state index in [9.17, 15) is 4.79 Å². The molecule has 1 fully saturated rings. The van der Waals surface area contributed by atoms with Crippen LogP contribution in [0.1, 0.15) is 12.1 Å². The Balaban J connectivity index is 1.57. The zero-order valence-electron chi connectivity index (χ0n) is 11.8. The summed E-state index contributed by atoms with van der Waals surface area (Å²) in [6.45, 7) is 1.57. The van der Waals surface area contributed by atoms with E-state index in [0.717, 1.165) is 25.2 Å². The van der Waals surface area contributed by atoms with Crippen molar-refractivity contribution >= 4 is 34.8 Å². The van der Waals surface area contributed by atoms with Crippen LogP contribution in [0.2, 0.25) is 10.0 Å². The highest BCUT2D eigenvalue weighted by atomic mass is 35.5.